The lowest BCUT2D eigenvalue weighted by Gasteiger charge is -2.03. The molecule has 9 nitrogen and oxygen atoms in total. The number of amides is 2. The van der Waals surface area contributed by atoms with Crippen molar-refractivity contribution < 1.29 is 9.59 Å². The van der Waals surface area contributed by atoms with E-state index in [9.17, 15) is 14.4 Å². The highest BCUT2D eigenvalue weighted by molar-refractivity contribution is 7.15. The lowest BCUT2D eigenvalue weighted by molar-refractivity contribution is 0.0950. The topological polar surface area (TPSA) is 121 Å². The molecule has 3 aromatic heterocycles. The van der Waals surface area contributed by atoms with Crippen LogP contribution in [0.5, 0.6) is 0 Å². The molecule has 4 rings (SSSR count). The van der Waals surface area contributed by atoms with E-state index in [1.54, 1.807) is 44.4 Å². The molecular weight excluding hydrogens is 464 g/mol. The van der Waals surface area contributed by atoms with Crippen molar-refractivity contribution in [2.75, 3.05) is 0 Å². The van der Waals surface area contributed by atoms with Crippen molar-refractivity contribution in [3.8, 4) is 5.69 Å². The van der Waals surface area contributed by atoms with Crippen molar-refractivity contribution >= 4 is 28.9 Å². The molecule has 0 bridgehead atoms. The van der Waals surface area contributed by atoms with E-state index in [1.165, 1.54) is 4.68 Å². The number of carbonyl (C=O) groups excluding carboxylic acids is 2. The van der Waals surface area contributed by atoms with E-state index in [0.29, 0.717) is 39.0 Å². The van der Waals surface area contributed by atoms with Gasteiger partial charge in [0.05, 0.1) is 26.7 Å². The summed E-state index contributed by atoms with van der Waals surface area (Å²) in [5, 5.41) is 9.98. The Morgan fingerprint density at radius 1 is 1.06 bits per heavy atom. The van der Waals surface area contributed by atoms with Gasteiger partial charge in [-0.3, -0.25) is 24.5 Å². The number of rotatable bonds is 7. The number of aromatic nitrogens is 3. The second-order valence-electron chi connectivity index (χ2n) is 7.93. The summed E-state index contributed by atoms with van der Waals surface area (Å²) < 4.78 is 1.45. The molecule has 0 saturated heterocycles. The van der Waals surface area contributed by atoms with Crippen LogP contribution in [0.4, 0.5) is 0 Å². The van der Waals surface area contributed by atoms with Gasteiger partial charge in [0, 0.05) is 24.6 Å². The number of aryl methyl sites for hydroxylation is 2. The number of pyridine rings is 1. The van der Waals surface area contributed by atoms with Crippen LogP contribution in [0.15, 0.2) is 70.8 Å². The van der Waals surface area contributed by atoms with Gasteiger partial charge in [-0.05, 0) is 56.7 Å². The minimum absolute atomic E-state index is 0.259. The molecule has 0 aliphatic rings. The number of thiophene rings is 1. The lowest BCUT2D eigenvalue weighted by Crippen LogP contribution is -2.23. The van der Waals surface area contributed by atoms with E-state index >= 15 is 0 Å². The Kier molecular flexibility index (Phi) is 7.02. The molecule has 3 N–H and O–H groups in total. The van der Waals surface area contributed by atoms with Crippen LogP contribution in [0.3, 0.4) is 0 Å². The van der Waals surface area contributed by atoms with Gasteiger partial charge < -0.3 is 5.32 Å². The number of benzene rings is 1. The SMILES string of the molecule is CC(=NNC(=O)c1ccc(C(=O)NCc2cccnc2)s1)c1c(C)[nH]n(-c2ccc(C)cc2)c1=O. The van der Waals surface area contributed by atoms with Gasteiger partial charge in [0.15, 0.2) is 0 Å². The Hall–Kier alpha value is -4.31. The molecule has 3 heterocycles. The standard InChI is InChI=1S/C25H24N6O3S/c1-15-6-8-19(9-7-15)31-25(34)22(17(3)30-31)16(2)28-29-24(33)21-11-10-20(35-21)23(32)27-14-18-5-4-12-26-13-18/h4-13,30H,14H2,1-3H3,(H,27,32)(H,29,33). The molecule has 0 aliphatic carbocycles. The molecule has 0 unspecified atom stereocenters. The molecule has 0 radical (unpaired) electrons. The molecule has 35 heavy (non-hydrogen) atoms. The average Bonchev–Trinajstić information content (AvgIpc) is 3.47. The molecule has 0 saturated carbocycles. The van der Waals surface area contributed by atoms with Crippen LogP contribution in [0.2, 0.25) is 0 Å². The number of hydrogen-bond donors (Lipinski definition) is 3. The first-order chi connectivity index (χ1) is 16.8. The van der Waals surface area contributed by atoms with Crippen LogP contribution in [-0.4, -0.2) is 32.3 Å². The normalized spacial score (nSPS) is 11.3. The summed E-state index contributed by atoms with van der Waals surface area (Å²) >= 11 is 1.06. The maximum atomic E-state index is 13.0. The Morgan fingerprint density at radius 3 is 2.46 bits per heavy atom. The van der Waals surface area contributed by atoms with Crippen LogP contribution in [0.25, 0.3) is 5.69 Å². The third kappa shape index (κ3) is 5.44. The van der Waals surface area contributed by atoms with E-state index in [2.05, 4.69) is 25.9 Å². The van der Waals surface area contributed by atoms with E-state index in [0.717, 1.165) is 22.5 Å². The predicted octanol–water partition coefficient (Wildman–Crippen LogP) is 3.32. The van der Waals surface area contributed by atoms with Crippen molar-refractivity contribution in [3.05, 3.63) is 103 Å². The van der Waals surface area contributed by atoms with Crippen molar-refractivity contribution in [1.82, 2.24) is 25.5 Å². The summed E-state index contributed by atoms with van der Waals surface area (Å²) in [5.41, 5.74) is 6.28. The minimum Gasteiger partial charge on any atom is -0.347 e. The third-order valence-electron chi connectivity index (χ3n) is 5.28. The molecule has 1 aromatic carbocycles. The smallest absolute Gasteiger partial charge is 0.281 e. The number of H-pyrrole nitrogens is 1. The first-order valence-electron chi connectivity index (χ1n) is 10.8. The Bertz CT molecular complexity index is 1450. The van der Waals surface area contributed by atoms with Crippen LogP contribution in [0.1, 0.15) is 48.7 Å². The summed E-state index contributed by atoms with van der Waals surface area (Å²) in [4.78, 5) is 42.7. The van der Waals surface area contributed by atoms with Gasteiger partial charge in [-0.1, -0.05) is 23.8 Å². The van der Waals surface area contributed by atoms with Crippen molar-refractivity contribution in [2.24, 2.45) is 5.10 Å². The predicted molar refractivity (Wildman–Crippen MR) is 135 cm³/mol. The first kappa shape index (κ1) is 23.8. The zero-order valence-electron chi connectivity index (χ0n) is 19.5. The maximum absolute atomic E-state index is 13.0. The van der Waals surface area contributed by atoms with Crippen LogP contribution < -0.4 is 16.3 Å². The number of nitrogens with zero attached hydrogens (tertiary/aromatic N) is 3. The fourth-order valence-corrected chi connectivity index (χ4v) is 4.26. The van der Waals surface area contributed by atoms with E-state index in [1.807, 2.05) is 37.3 Å². The van der Waals surface area contributed by atoms with Crippen LogP contribution >= 0.6 is 11.3 Å². The molecular formula is C25H24N6O3S. The highest BCUT2D eigenvalue weighted by atomic mass is 32.1. The van der Waals surface area contributed by atoms with Gasteiger partial charge in [0.1, 0.15) is 0 Å². The zero-order valence-corrected chi connectivity index (χ0v) is 20.3. The van der Waals surface area contributed by atoms with Gasteiger partial charge in [-0.2, -0.15) is 5.10 Å². The Labute approximate surface area is 205 Å². The molecule has 0 aliphatic heterocycles. The molecule has 0 fully saturated rings. The molecule has 2 amide bonds. The average molecular weight is 489 g/mol. The van der Waals surface area contributed by atoms with Gasteiger partial charge in [0.25, 0.3) is 17.4 Å². The zero-order chi connectivity index (χ0) is 24.9. The fraction of sp³-hybridized carbons (Fsp3) is 0.160. The molecule has 4 aromatic rings. The Morgan fingerprint density at radius 2 is 1.77 bits per heavy atom. The molecule has 0 atom stereocenters. The number of hydrazone groups is 1. The van der Waals surface area contributed by atoms with Gasteiger partial charge in [0.2, 0.25) is 0 Å². The largest absolute Gasteiger partial charge is 0.347 e. The van der Waals surface area contributed by atoms with Crippen molar-refractivity contribution in [1.29, 1.82) is 0 Å². The minimum atomic E-state index is -0.465. The molecule has 0 spiro atoms. The summed E-state index contributed by atoms with van der Waals surface area (Å²) in [5.74, 6) is -0.745. The first-order valence-corrected chi connectivity index (χ1v) is 11.7. The third-order valence-corrected chi connectivity index (χ3v) is 6.36. The quantitative estimate of drug-likeness (QED) is 0.273. The maximum Gasteiger partial charge on any atom is 0.281 e. The van der Waals surface area contributed by atoms with E-state index < -0.39 is 5.91 Å². The number of aromatic amines is 1. The van der Waals surface area contributed by atoms with E-state index in [-0.39, 0.29) is 11.5 Å². The van der Waals surface area contributed by atoms with E-state index in [4.69, 9.17) is 0 Å². The Balaban J connectivity index is 1.43. The van der Waals surface area contributed by atoms with Crippen LogP contribution in [-0.2, 0) is 6.54 Å². The lowest BCUT2D eigenvalue weighted by atomic mass is 10.2. The molecule has 178 valence electrons. The summed E-state index contributed by atoms with van der Waals surface area (Å²) in [7, 11) is 0. The molecule has 10 heteroatoms. The second-order valence-corrected chi connectivity index (χ2v) is 9.02. The summed E-state index contributed by atoms with van der Waals surface area (Å²) in [6, 6.07) is 14.4. The highest BCUT2D eigenvalue weighted by Crippen LogP contribution is 2.17. The second kappa shape index (κ2) is 10.3. The number of hydrogen-bond acceptors (Lipinski definition) is 6. The highest BCUT2D eigenvalue weighted by Gasteiger charge is 2.17. The summed E-state index contributed by atoms with van der Waals surface area (Å²) in [6.07, 6.45) is 3.34. The van der Waals surface area contributed by atoms with Crippen LogP contribution in [0, 0.1) is 13.8 Å². The summed E-state index contributed by atoms with van der Waals surface area (Å²) in [6.45, 7) is 5.75. The van der Waals surface area contributed by atoms with Gasteiger partial charge >= 0.3 is 0 Å². The van der Waals surface area contributed by atoms with Crippen molar-refractivity contribution in [2.45, 2.75) is 27.3 Å². The fourth-order valence-electron chi connectivity index (χ4n) is 3.45. The number of nitrogens with one attached hydrogen (secondary N) is 3. The monoisotopic (exact) mass is 488 g/mol. The number of carbonyl (C=O) groups is 2. The van der Waals surface area contributed by atoms with Gasteiger partial charge in [-0.25, -0.2) is 10.1 Å². The van der Waals surface area contributed by atoms with Crippen molar-refractivity contribution in [3.63, 3.8) is 0 Å². The van der Waals surface area contributed by atoms with Gasteiger partial charge in [-0.15, -0.1) is 11.3 Å².